The highest BCUT2D eigenvalue weighted by Gasteiger charge is 2.12. The van der Waals surface area contributed by atoms with Crippen LogP contribution in [0.4, 0.5) is 0 Å². The van der Waals surface area contributed by atoms with Crippen LogP contribution in [0.1, 0.15) is 26.3 Å². The summed E-state index contributed by atoms with van der Waals surface area (Å²) in [6.07, 6.45) is 0. The van der Waals surface area contributed by atoms with Crippen LogP contribution in [0, 0.1) is 0 Å². The Labute approximate surface area is 172 Å². The molecule has 0 fully saturated rings. The quantitative estimate of drug-likeness (QED) is 0.546. The number of ether oxygens (including phenoxy) is 3. The van der Waals surface area contributed by atoms with Crippen molar-refractivity contribution in [3.63, 3.8) is 0 Å². The smallest absolute Gasteiger partial charge is 0.337 e. The molecule has 28 heavy (non-hydrogen) atoms. The summed E-state index contributed by atoms with van der Waals surface area (Å²) in [6.45, 7) is 0.277. The van der Waals surface area contributed by atoms with Crippen LogP contribution in [0.5, 0.6) is 11.5 Å². The summed E-state index contributed by atoms with van der Waals surface area (Å²) >= 11 is 11.4. The maximum atomic E-state index is 12.3. The van der Waals surface area contributed by atoms with Gasteiger partial charge in [0.2, 0.25) is 0 Å². The molecule has 2 aromatic carbocycles. The van der Waals surface area contributed by atoms with E-state index in [1.807, 2.05) is 0 Å². The van der Waals surface area contributed by atoms with Crippen molar-refractivity contribution in [1.82, 2.24) is 10.6 Å². The summed E-state index contributed by atoms with van der Waals surface area (Å²) in [4.78, 5) is 23.7. The number of amides is 1. The first-order valence-corrected chi connectivity index (χ1v) is 8.86. The SMILES string of the molecule is COC(=O)c1ccc(C(=O)NC(=S)NCc2cc(OC)c(OC)cc2Cl)cc1. The van der Waals surface area contributed by atoms with E-state index in [9.17, 15) is 9.59 Å². The number of carbonyl (C=O) groups excluding carboxylic acids is 2. The molecule has 0 unspecified atom stereocenters. The van der Waals surface area contributed by atoms with E-state index in [1.54, 1.807) is 12.1 Å². The van der Waals surface area contributed by atoms with E-state index in [-0.39, 0.29) is 11.7 Å². The molecule has 148 valence electrons. The molecule has 0 aliphatic heterocycles. The second kappa shape index (κ2) is 9.91. The normalized spacial score (nSPS) is 10.0. The Balaban J connectivity index is 1.97. The van der Waals surface area contributed by atoms with Crippen molar-refractivity contribution >= 4 is 40.8 Å². The van der Waals surface area contributed by atoms with E-state index >= 15 is 0 Å². The largest absolute Gasteiger partial charge is 0.493 e. The summed E-state index contributed by atoms with van der Waals surface area (Å²) in [5.74, 6) is 0.162. The fourth-order valence-electron chi connectivity index (χ4n) is 2.30. The number of esters is 1. The van der Waals surface area contributed by atoms with Crippen molar-refractivity contribution in [1.29, 1.82) is 0 Å². The standard InChI is InChI=1S/C19H19ClN2O5S/c1-25-15-8-13(14(20)9-16(15)26-2)10-21-19(28)22-17(23)11-4-6-12(7-5-11)18(24)27-3/h4-9H,10H2,1-3H3,(H2,21,22,23,28). The molecular weight excluding hydrogens is 404 g/mol. The van der Waals surface area contributed by atoms with Gasteiger partial charge in [-0.1, -0.05) is 11.6 Å². The first-order valence-electron chi connectivity index (χ1n) is 8.07. The van der Waals surface area contributed by atoms with E-state index < -0.39 is 11.9 Å². The van der Waals surface area contributed by atoms with Crippen LogP contribution in [0.15, 0.2) is 36.4 Å². The molecule has 2 aromatic rings. The van der Waals surface area contributed by atoms with Gasteiger partial charge in [0.05, 0.1) is 26.9 Å². The van der Waals surface area contributed by atoms with Gasteiger partial charge in [0.1, 0.15) is 0 Å². The van der Waals surface area contributed by atoms with Crippen LogP contribution >= 0.6 is 23.8 Å². The van der Waals surface area contributed by atoms with Gasteiger partial charge in [0, 0.05) is 23.2 Å². The van der Waals surface area contributed by atoms with Crippen LogP contribution in [0.25, 0.3) is 0 Å². The molecule has 0 spiro atoms. The number of rotatable bonds is 6. The molecule has 2 rings (SSSR count). The monoisotopic (exact) mass is 422 g/mol. The maximum Gasteiger partial charge on any atom is 0.337 e. The van der Waals surface area contributed by atoms with Gasteiger partial charge in [-0.05, 0) is 48.1 Å². The molecule has 7 nitrogen and oxygen atoms in total. The molecular formula is C19H19ClN2O5S. The molecule has 2 N–H and O–H groups in total. The van der Waals surface area contributed by atoms with Crippen LogP contribution in [0.2, 0.25) is 5.02 Å². The first-order chi connectivity index (χ1) is 13.4. The highest BCUT2D eigenvalue weighted by atomic mass is 35.5. The van der Waals surface area contributed by atoms with Crippen LogP contribution in [0.3, 0.4) is 0 Å². The molecule has 0 radical (unpaired) electrons. The fraction of sp³-hybridized carbons (Fsp3) is 0.211. The topological polar surface area (TPSA) is 85.9 Å². The number of halogens is 1. The van der Waals surface area contributed by atoms with Gasteiger partial charge < -0.3 is 19.5 Å². The third-order valence-corrected chi connectivity index (χ3v) is 4.39. The first kappa shape index (κ1) is 21.5. The van der Waals surface area contributed by atoms with Gasteiger partial charge in [0.15, 0.2) is 16.6 Å². The van der Waals surface area contributed by atoms with E-state index in [1.165, 1.54) is 45.6 Å². The lowest BCUT2D eigenvalue weighted by atomic mass is 10.1. The zero-order valence-corrected chi connectivity index (χ0v) is 17.1. The van der Waals surface area contributed by atoms with Crippen molar-refractivity contribution in [3.8, 4) is 11.5 Å². The van der Waals surface area contributed by atoms with Crippen molar-refractivity contribution in [3.05, 3.63) is 58.1 Å². The van der Waals surface area contributed by atoms with Crippen molar-refractivity contribution in [2.45, 2.75) is 6.54 Å². The number of thiocarbonyl (C=S) groups is 1. The third kappa shape index (κ3) is 5.34. The average Bonchev–Trinajstić information content (AvgIpc) is 2.71. The lowest BCUT2D eigenvalue weighted by Crippen LogP contribution is -2.38. The fourth-order valence-corrected chi connectivity index (χ4v) is 2.69. The van der Waals surface area contributed by atoms with Gasteiger partial charge in [-0.3, -0.25) is 10.1 Å². The zero-order valence-electron chi connectivity index (χ0n) is 15.5. The van der Waals surface area contributed by atoms with E-state index in [0.717, 1.165) is 5.56 Å². The van der Waals surface area contributed by atoms with Gasteiger partial charge in [-0.15, -0.1) is 0 Å². The Morgan fingerprint density at radius 3 is 2.14 bits per heavy atom. The molecule has 0 saturated heterocycles. The summed E-state index contributed by atoms with van der Waals surface area (Å²) in [7, 11) is 4.34. The Hall–Kier alpha value is -2.84. The third-order valence-electron chi connectivity index (χ3n) is 3.79. The number of hydrogen-bond acceptors (Lipinski definition) is 6. The minimum absolute atomic E-state index is 0.132. The minimum atomic E-state index is -0.476. The molecule has 0 bridgehead atoms. The second-order valence-electron chi connectivity index (χ2n) is 5.50. The number of carbonyl (C=O) groups is 2. The number of benzene rings is 2. The Bertz CT molecular complexity index is 887. The predicted molar refractivity (Wildman–Crippen MR) is 109 cm³/mol. The lowest BCUT2D eigenvalue weighted by Gasteiger charge is -2.14. The van der Waals surface area contributed by atoms with E-state index in [4.69, 9.17) is 33.3 Å². The molecule has 0 saturated carbocycles. The molecule has 0 aliphatic carbocycles. The number of hydrogen-bond donors (Lipinski definition) is 2. The molecule has 0 aliphatic rings. The Kier molecular flexibility index (Phi) is 7.60. The zero-order chi connectivity index (χ0) is 20.7. The van der Waals surface area contributed by atoms with Crippen LogP contribution in [-0.2, 0) is 11.3 Å². The van der Waals surface area contributed by atoms with Gasteiger partial charge in [-0.25, -0.2) is 4.79 Å². The molecule has 0 aromatic heterocycles. The molecule has 0 atom stereocenters. The van der Waals surface area contributed by atoms with Gasteiger partial charge >= 0.3 is 5.97 Å². The molecule has 9 heteroatoms. The molecule has 1 amide bonds. The lowest BCUT2D eigenvalue weighted by molar-refractivity contribution is 0.0600. The average molecular weight is 423 g/mol. The minimum Gasteiger partial charge on any atom is -0.493 e. The van der Waals surface area contributed by atoms with E-state index in [0.29, 0.717) is 27.6 Å². The summed E-state index contributed by atoms with van der Waals surface area (Å²) < 4.78 is 15.1. The second-order valence-corrected chi connectivity index (χ2v) is 6.32. The summed E-state index contributed by atoms with van der Waals surface area (Å²) in [5.41, 5.74) is 1.42. The molecule has 0 heterocycles. The summed E-state index contributed by atoms with van der Waals surface area (Å²) in [6, 6.07) is 9.39. The van der Waals surface area contributed by atoms with Crippen molar-refractivity contribution in [2.24, 2.45) is 0 Å². The summed E-state index contributed by atoms with van der Waals surface area (Å²) in [5, 5.41) is 6.08. The van der Waals surface area contributed by atoms with Crippen LogP contribution < -0.4 is 20.1 Å². The maximum absolute atomic E-state index is 12.3. The van der Waals surface area contributed by atoms with Crippen molar-refractivity contribution in [2.75, 3.05) is 21.3 Å². The van der Waals surface area contributed by atoms with E-state index in [2.05, 4.69) is 15.4 Å². The highest BCUT2D eigenvalue weighted by Crippen LogP contribution is 2.32. The van der Waals surface area contributed by atoms with Crippen LogP contribution in [-0.4, -0.2) is 38.3 Å². The van der Waals surface area contributed by atoms with Gasteiger partial charge in [-0.2, -0.15) is 0 Å². The Morgan fingerprint density at radius 1 is 1.00 bits per heavy atom. The predicted octanol–water partition coefficient (Wildman–Crippen LogP) is 2.95. The Morgan fingerprint density at radius 2 is 1.57 bits per heavy atom. The highest BCUT2D eigenvalue weighted by molar-refractivity contribution is 7.80. The van der Waals surface area contributed by atoms with Gasteiger partial charge in [0.25, 0.3) is 5.91 Å². The van der Waals surface area contributed by atoms with Crippen molar-refractivity contribution < 1.29 is 23.8 Å². The number of nitrogens with one attached hydrogen (secondary N) is 2. The number of methoxy groups -OCH3 is 3.